The molecule has 2 aromatic rings. The second-order valence-corrected chi connectivity index (χ2v) is 5.08. The molecule has 0 saturated carbocycles. The number of sulfone groups is 1. The topological polar surface area (TPSA) is 104 Å². The Morgan fingerprint density at radius 2 is 2.07 bits per heavy atom. The van der Waals surface area contributed by atoms with E-state index < -0.39 is 9.84 Å². The summed E-state index contributed by atoms with van der Waals surface area (Å²) in [5, 5.41) is 4.18. The first-order valence-electron chi connectivity index (χ1n) is 4.05. The number of hydrogen-bond donors (Lipinski definition) is 1. The molecule has 7 nitrogen and oxygen atoms in total. The standard InChI is InChI=1S/C7H9N5O2S/c1-12-6-4(3-9-12)5(8)10-7(11-6)15(2,13)14/h3H,1-2H3,(H2,8,10,11). The first-order chi connectivity index (χ1) is 6.89. The van der Waals surface area contributed by atoms with Crippen LogP contribution in [0.5, 0.6) is 0 Å². The lowest BCUT2D eigenvalue weighted by Crippen LogP contribution is -2.07. The van der Waals surface area contributed by atoms with Crippen molar-refractivity contribution in [2.45, 2.75) is 5.16 Å². The molecular weight excluding hydrogens is 218 g/mol. The Morgan fingerprint density at radius 1 is 1.40 bits per heavy atom. The Bertz CT molecular complexity index is 630. The van der Waals surface area contributed by atoms with Gasteiger partial charge in [0.1, 0.15) is 5.82 Å². The van der Waals surface area contributed by atoms with Gasteiger partial charge in [-0.1, -0.05) is 0 Å². The van der Waals surface area contributed by atoms with Gasteiger partial charge in [-0.3, -0.25) is 4.68 Å². The fraction of sp³-hybridized carbons (Fsp3) is 0.286. The predicted octanol–water partition coefficient (Wildman–Crippen LogP) is -0.651. The van der Waals surface area contributed by atoms with Gasteiger partial charge >= 0.3 is 0 Å². The second-order valence-electron chi connectivity index (χ2n) is 3.17. The van der Waals surface area contributed by atoms with Gasteiger partial charge in [0.15, 0.2) is 5.65 Å². The molecule has 0 unspecified atom stereocenters. The molecule has 2 heterocycles. The maximum atomic E-state index is 11.3. The molecular formula is C7H9N5O2S. The lowest BCUT2D eigenvalue weighted by atomic mass is 10.4. The number of aromatic nitrogens is 4. The molecule has 0 amide bonds. The molecule has 15 heavy (non-hydrogen) atoms. The van der Waals surface area contributed by atoms with E-state index in [9.17, 15) is 8.42 Å². The highest BCUT2D eigenvalue weighted by Crippen LogP contribution is 2.17. The minimum absolute atomic E-state index is 0.119. The van der Waals surface area contributed by atoms with Gasteiger partial charge in [-0.25, -0.2) is 13.4 Å². The van der Waals surface area contributed by atoms with E-state index in [4.69, 9.17) is 5.73 Å². The summed E-state index contributed by atoms with van der Waals surface area (Å²) in [6.45, 7) is 0. The van der Waals surface area contributed by atoms with Crippen molar-refractivity contribution in [1.29, 1.82) is 0 Å². The van der Waals surface area contributed by atoms with E-state index >= 15 is 0 Å². The number of anilines is 1. The van der Waals surface area contributed by atoms with Crippen molar-refractivity contribution >= 4 is 26.7 Å². The molecule has 2 N–H and O–H groups in total. The fourth-order valence-corrected chi connectivity index (χ4v) is 1.71. The third-order valence-corrected chi connectivity index (χ3v) is 2.78. The fourth-order valence-electron chi connectivity index (χ4n) is 1.19. The summed E-state index contributed by atoms with van der Waals surface area (Å²) in [4.78, 5) is 7.60. The smallest absolute Gasteiger partial charge is 0.250 e. The molecule has 0 spiro atoms. The van der Waals surface area contributed by atoms with Crippen LogP contribution in [-0.2, 0) is 16.9 Å². The lowest BCUT2D eigenvalue weighted by molar-refractivity contribution is 0.593. The van der Waals surface area contributed by atoms with Crippen LogP contribution in [0.15, 0.2) is 11.4 Å². The van der Waals surface area contributed by atoms with Crippen LogP contribution in [0.4, 0.5) is 5.82 Å². The summed E-state index contributed by atoms with van der Waals surface area (Å²) in [7, 11) is -1.80. The number of nitrogen functional groups attached to an aromatic ring is 1. The molecule has 0 radical (unpaired) electrons. The van der Waals surface area contributed by atoms with Crippen molar-refractivity contribution in [2.75, 3.05) is 12.0 Å². The van der Waals surface area contributed by atoms with E-state index in [-0.39, 0.29) is 11.0 Å². The normalized spacial score (nSPS) is 12.1. The van der Waals surface area contributed by atoms with Crippen molar-refractivity contribution in [3.63, 3.8) is 0 Å². The monoisotopic (exact) mass is 227 g/mol. The van der Waals surface area contributed by atoms with Crippen LogP contribution in [0.2, 0.25) is 0 Å². The van der Waals surface area contributed by atoms with E-state index in [0.29, 0.717) is 11.0 Å². The van der Waals surface area contributed by atoms with E-state index in [1.54, 1.807) is 7.05 Å². The minimum Gasteiger partial charge on any atom is -0.383 e. The number of rotatable bonds is 1. The number of nitrogens with zero attached hydrogens (tertiary/aromatic N) is 4. The zero-order chi connectivity index (χ0) is 11.2. The van der Waals surface area contributed by atoms with Gasteiger partial charge in [0.05, 0.1) is 11.6 Å². The molecule has 2 rings (SSSR count). The SMILES string of the molecule is Cn1ncc2c(N)nc(S(C)(=O)=O)nc21. The molecule has 0 aliphatic carbocycles. The van der Waals surface area contributed by atoms with Crippen LogP contribution in [0.3, 0.4) is 0 Å². The highest BCUT2D eigenvalue weighted by molar-refractivity contribution is 7.90. The van der Waals surface area contributed by atoms with Gasteiger partial charge in [0.2, 0.25) is 9.84 Å². The summed E-state index contributed by atoms with van der Waals surface area (Å²) < 4.78 is 23.9. The van der Waals surface area contributed by atoms with E-state index in [1.165, 1.54) is 10.9 Å². The van der Waals surface area contributed by atoms with Crippen LogP contribution < -0.4 is 5.73 Å². The highest BCUT2D eigenvalue weighted by Gasteiger charge is 2.16. The molecule has 0 aliphatic rings. The van der Waals surface area contributed by atoms with Gasteiger partial charge in [0.25, 0.3) is 5.16 Å². The third-order valence-electron chi connectivity index (χ3n) is 1.93. The minimum atomic E-state index is -3.45. The second kappa shape index (κ2) is 2.89. The van der Waals surface area contributed by atoms with Crippen molar-refractivity contribution in [2.24, 2.45) is 7.05 Å². The largest absolute Gasteiger partial charge is 0.383 e. The van der Waals surface area contributed by atoms with Crippen LogP contribution in [0.1, 0.15) is 0 Å². The molecule has 0 fully saturated rings. The Hall–Kier alpha value is -1.70. The first-order valence-corrected chi connectivity index (χ1v) is 5.94. The van der Waals surface area contributed by atoms with Gasteiger partial charge in [-0.15, -0.1) is 0 Å². The van der Waals surface area contributed by atoms with Gasteiger partial charge in [0, 0.05) is 13.3 Å². The Labute approximate surface area is 85.9 Å². The maximum absolute atomic E-state index is 11.3. The Morgan fingerprint density at radius 3 is 2.67 bits per heavy atom. The number of nitrogens with two attached hydrogens (primary N) is 1. The zero-order valence-corrected chi connectivity index (χ0v) is 8.98. The zero-order valence-electron chi connectivity index (χ0n) is 8.17. The molecule has 0 atom stereocenters. The van der Waals surface area contributed by atoms with Crippen LogP contribution in [0, 0.1) is 0 Å². The van der Waals surface area contributed by atoms with Gasteiger partial charge in [-0.2, -0.15) is 10.1 Å². The summed E-state index contributed by atoms with van der Waals surface area (Å²) in [6, 6.07) is 0. The Balaban J connectivity index is 2.88. The summed E-state index contributed by atoms with van der Waals surface area (Å²) in [5.41, 5.74) is 6.00. The number of aryl methyl sites for hydroxylation is 1. The molecule has 0 bridgehead atoms. The number of fused-ring (bicyclic) bond motifs is 1. The van der Waals surface area contributed by atoms with Crippen LogP contribution in [-0.4, -0.2) is 34.4 Å². The maximum Gasteiger partial charge on any atom is 0.250 e. The van der Waals surface area contributed by atoms with E-state index in [1.807, 2.05) is 0 Å². The van der Waals surface area contributed by atoms with Crippen molar-refractivity contribution in [3.05, 3.63) is 6.20 Å². The average Bonchev–Trinajstić information content (AvgIpc) is 2.47. The molecule has 2 aromatic heterocycles. The van der Waals surface area contributed by atoms with Crippen molar-refractivity contribution < 1.29 is 8.42 Å². The molecule has 0 saturated heterocycles. The highest BCUT2D eigenvalue weighted by atomic mass is 32.2. The van der Waals surface area contributed by atoms with Crippen molar-refractivity contribution in [1.82, 2.24) is 19.7 Å². The summed E-state index contributed by atoms with van der Waals surface area (Å²) in [6.07, 6.45) is 2.53. The molecule has 0 aliphatic heterocycles. The summed E-state index contributed by atoms with van der Waals surface area (Å²) in [5.74, 6) is 0.119. The van der Waals surface area contributed by atoms with E-state index in [2.05, 4.69) is 15.1 Å². The Kier molecular flexibility index (Phi) is 1.90. The van der Waals surface area contributed by atoms with Crippen molar-refractivity contribution in [3.8, 4) is 0 Å². The quantitative estimate of drug-likeness (QED) is 0.649. The average molecular weight is 227 g/mol. The van der Waals surface area contributed by atoms with E-state index in [0.717, 1.165) is 6.26 Å². The van der Waals surface area contributed by atoms with Crippen LogP contribution in [0.25, 0.3) is 11.0 Å². The summed E-state index contributed by atoms with van der Waals surface area (Å²) >= 11 is 0. The lowest BCUT2D eigenvalue weighted by Gasteiger charge is -2.00. The van der Waals surface area contributed by atoms with Crippen LogP contribution >= 0.6 is 0 Å². The molecule has 8 heteroatoms. The predicted molar refractivity (Wildman–Crippen MR) is 53.8 cm³/mol. The first kappa shape index (κ1) is 9.84. The number of hydrogen-bond acceptors (Lipinski definition) is 6. The molecule has 0 aromatic carbocycles. The third kappa shape index (κ3) is 1.52. The molecule has 80 valence electrons. The van der Waals surface area contributed by atoms with Gasteiger partial charge in [-0.05, 0) is 0 Å². The van der Waals surface area contributed by atoms with Gasteiger partial charge < -0.3 is 5.73 Å².